The largest absolute Gasteiger partial charge is 0.457 e. The van der Waals surface area contributed by atoms with Crippen molar-refractivity contribution in [3.05, 3.63) is 53.7 Å². The SMILES string of the molecule is C=CCOC(=O)C1=C(c2ccc(CNC=O)cc2)C[C@@H]2[C@@H](C(C)C)C(=O)N12. The highest BCUT2D eigenvalue weighted by atomic mass is 16.5. The van der Waals surface area contributed by atoms with Gasteiger partial charge >= 0.3 is 5.97 Å². The summed E-state index contributed by atoms with van der Waals surface area (Å²) in [6.07, 6.45) is 2.80. The predicted octanol–water partition coefficient (Wildman–Crippen LogP) is 2.26. The van der Waals surface area contributed by atoms with Crippen molar-refractivity contribution in [3.63, 3.8) is 0 Å². The van der Waals surface area contributed by atoms with E-state index in [4.69, 9.17) is 4.74 Å². The van der Waals surface area contributed by atoms with Gasteiger partial charge in [-0.25, -0.2) is 4.79 Å². The molecule has 142 valence electrons. The van der Waals surface area contributed by atoms with Gasteiger partial charge in [-0.15, -0.1) is 0 Å². The van der Waals surface area contributed by atoms with Gasteiger partial charge in [0.05, 0.1) is 12.0 Å². The number of carbonyl (C=O) groups is 3. The summed E-state index contributed by atoms with van der Waals surface area (Å²) < 4.78 is 5.24. The van der Waals surface area contributed by atoms with Crippen LogP contribution >= 0.6 is 0 Å². The van der Waals surface area contributed by atoms with E-state index in [1.54, 1.807) is 4.90 Å². The number of hydrogen-bond acceptors (Lipinski definition) is 4. The highest BCUT2D eigenvalue weighted by Crippen LogP contribution is 2.48. The van der Waals surface area contributed by atoms with Gasteiger partial charge in [-0.3, -0.25) is 9.59 Å². The molecule has 27 heavy (non-hydrogen) atoms. The second-order valence-corrected chi connectivity index (χ2v) is 7.16. The molecule has 0 spiro atoms. The number of benzene rings is 1. The minimum atomic E-state index is -0.491. The molecule has 1 fully saturated rings. The Kier molecular flexibility index (Phi) is 5.44. The van der Waals surface area contributed by atoms with E-state index in [1.165, 1.54) is 6.08 Å². The molecule has 2 aliphatic heterocycles. The number of hydrogen-bond donors (Lipinski definition) is 1. The molecule has 2 atom stereocenters. The Labute approximate surface area is 158 Å². The minimum absolute atomic E-state index is 0.00943. The number of nitrogens with one attached hydrogen (secondary N) is 1. The minimum Gasteiger partial charge on any atom is -0.457 e. The zero-order chi connectivity index (χ0) is 19.6. The van der Waals surface area contributed by atoms with Crippen molar-refractivity contribution in [2.45, 2.75) is 32.9 Å². The molecule has 0 saturated carbocycles. The maximum Gasteiger partial charge on any atom is 0.355 e. The number of ether oxygens (including phenoxy) is 1. The molecule has 2 heterocycles. The lowest BCUT2D eigenvalue weighted by Gasteiger charge is -2.45. The van der Waals surface area contributed by atoms with Crippen LogP contribution in [-0.4, -0.2) is 35.8 Å². The van der Waals surface area contributed by atoms with Crippen molar-refractivity contribution in [1.82, 2.24) is 10.2 Å². The van der Waals surface area contributed by atoms with E-state index in [9.17, 15) is 14.4 Å². The number of esters is 1. The molecule has 1 aromatic rings. The first-order chi connectivity index (χ1) is 13.0. The Morgan fingerprint density at radius 3 is 2.67 bits per heavy atom. The molecule has 0 radical (unpaired) electrons. The van der Waals surface area contributed by atoms with Crippen LogP contribution in [-0.2, 0) is 25.7 Å². The molecule has 6 nitrogen and oxygen atoms in total. The monoisotopic (exact) mass is 368 g/mol. The standard InChI is InChI=1S/C21H24N2O4/c1-4-9-27-21(26)19-16(10-17-18(13(2)3)20(25)23(17)19)15-7-5-14(6-8-15)11-22-12-24/h4-8,12-13,17-18H,1,9-11H2,2-3H3,(H,22,24)/t17-,18-/m1/s1. The third-order valence-corrected chi connectivity index (χ3v) is 5.14. The van der Waals surface area contributed by atoms with E-state index in [1.807, 2.05) is 38.1 Å². The number of fused-ring (bicyclic) bond motifs is 1. The number of nitrogens with zero attached hydrogens (tertiary/aromatic N) is 1. The van der Waals surface area contributed by atoms with Gasteiger partial charge in [0.2, 0.25) is 12.3 Å². The highest BCUT2D eigenvalue weighted by molar-refractivity contribution is 6.06. The average Bonchev–Trinajstić information content (AvgIpc) is 2.99. The Balaban J connectivity index is 1.93. The molecule has 1 aromatic carbocycles. The Bertz CT molecular complexity index is 795. The normalized spacial score (nSPS) is 21.0. The third kappa shape index (κ3) is 3.39. The van der Waals surface area contributed by atoms with Crippen LogP contribution in [0.1, 0.15) is 31.4 Å². The Hall–Kier alpha value is -2.89. The Morgan fingerprint density at radius 2 is 2.07 bits per heavy atom. The summed E-state index contributed by atoms with van der Waals surface area (Å²) in [7, 11) is 0. The van der Waals surface area contributed by atoms with Crippen molar-refractivity contribution in [2.24, 2.45) is 11.8 Å². The van der Waals surface area contributed by atoms with Crippen LogP contribution in [0.15, 0.2) is 42.6 Å². The number of carbonyl (C=O) groups excluding carboxylic acids is 3. The zero-order valence-electron chi connectivity index (χ0n) is 15.6. The molecule has 1 saturated heterocycles. The first-order valence-corrected chi connectivity index (χ1v) is 9.10. The third-order valence-electron chi connectivity index (χ3n) is 5.14. The van der Waals surface area contributed by atoms with Gasteiger partial charge in [-0.1, -0.05) is 50.8 Å². The van der Waals surface area contributed by atoms with Gasteiger partial charge in [0, 0.05) is 6.54 Å². The second kappa shape index (κ2) is 7.78. The van der Waals surface area contributed by atoms with Crippen molar-refractivity contribution in [3.8, 4) is 0 Å². The average molecular weight is 368 g/mol. The highest BCUT2D eigenvalue weighted by Gasteiger charge is 2.56. The molecule has 0 aliphatic carbocycles. The number of amides is 2. The van der Waals surface area contributed by atoms with Crippen molar-refractivity contribution in [1.29, 1.82) is 0 Å². The van der Waals surface area contributed by atoms with Crippen molar-refractivity contribution in [2.75, 3.05) is 6.61 Å². The fourth-order valence-corrected chi connectivity index (χ4v) is 3.90. The zero-order valence-corrected chi connectivity index (χ0v) is 15.6. The molecule has 1 N–H and O–H groups in total. The summed E-state index contributed by atoms with van der Waals surface area (Å²) in [4.78, 5) is 37.3. The summed E-state index contributed by atoms with van der Waals surface area (Å²) in [5, 5.41) is 2.62. The van der Waals surface area contributed by atoms with Crippen LogP contribution < -0.4 is 5.32 Å². The number of β-lactam (4-membered cyclic amide) rings is 1. The van der Waals surface area contributed by atoms with E-state index < -0.39 is 5.97 Å². The van der Waals surface area contributed by atoms with Crippen LogP contribution in [0.3, 0.4) is 0 Å². The lowest BCUT2D eigenvalue weighted by molar-refractivity contribution is -0.158. The predicted molar refractivity (Wildman–Crippen MR) is 101 cm³/mol. The van der Waals surface area contributed by atoms with Gasteiger partial charge in [0.25, 0.3) is 0 Å². The quantitative estimate of drug-likeness (QED) is 0.331. The summed E-state index contributed by atoms with van der Waals surface area (Å²) in [5.74, 6) is -0.349. The lowest BCUT2D eigenvalue weighted by Crippen LogP contribution is -2.60. The van der Waals surface area contributed by atoms with E-state index in [0.29, 0.717) is 25.1 Å². The van der Waals surface area contributed by atoms with Crippen LogP contribution in [0.5, 0.6) is 0 Å². The smallest absolute Gasteiger partial charge is 0.355 e. The van der Waals surface area contributed by atoms with Crippen molar-refractivity contribution >= 4 is 23.9 Å². The van der Waals surface area contributed by atoms with Gasteiger partial charge in [-0.2, -0.15) is 0 Å². The Morgan fingerprint density at radius 1 is 1.37 bits per heavy atom. The van der Waals surface area contributed by atoms with E-state index in [2.05, 4.69) is 11.9 Å². The van der Waals surface area contributed by atoms with Crippen LogP contribution in [0.4, 0.5) is 0 Å². The molecule has 2 amide bonds. The van der Waals surface area contributed by atoms with Crippen LogP contribution in [0.25, 0.3) is 5.57 Å². The number of rotatable bonds is 8. The lowest BCUT2D eigenvalue weighted by atomic mass is 9.78. The summed E-state index contributed by atoms with van der Waals surface area (Å²) in [5.41, 5.74) is 3.03. The molecular weight excluding hydrogens is 344 g/mol. The first kappa shape index (κ1) is 18.9. The molecule has 0 bridgehead atoms. The van der Waals surface area contributed by atoms with Gasteiger partial charge in [0.1, 0.15) is 12.3 Å². The van der Waals surface area contributed by atoms with E-state index in [0.717, 1.165) is 16.7 Å². The maximum absolute atomic E-state index is 12.6. The first-order valence-electron chi connectivity index (χ1n) is 9.10. The molecule has 2 aliphatic rings. The van der Waals surface area contributed by atoms with E-state index in [-0.39, 0.29) is 30.4 Å². The molecule has 6 heteroatoms. The molecule has 0 unspecified atom stereocenters. The van der Waals surface area contributed by atoms with Gasteiger partial charge < -0.3 is 15.0 Å². The van der Waals surface area contributed by atoms with Crippen LogP contribution in [0.2, 0.25) is 0 Å². The topological polar surface area (TPSA) is 75.7 Å². The second-order valence-electron chi connectivity index (χ2n) is 7.16. The van der Waals surface area contributed by atoms with Gasteiger partial charge in [-0.05, 0) is 29.0 Å². The maximum atomic E-state index is 12.6. The molecular formula is C21H24N2O4. The van der Waals surface area contributed by atoms with E-state index >= 15 is 0 Å². The fraction of sp³-hybridized carbons (Fsp3) is 0.381. The summed E-state index contributed by atoms with van der Waals surface area (Å²) in [6.45, 7) is 8.17. The fourth-order valence-electron chi connectivity index (χ4n) is 3.90. The molecule has 3 rings (SSSR count). The summed E-state index contributed by atoms with van der Waals surface area (Å²) >= 11 is 0. The molecule has 0 aromatic heterocycles. The van der Waals surface area contributed by atoms with Crippen molar-refractivity contribution < 1.29 is 19.1 Å². The summed E-state index contributed by atoms with van der Waals surface area (Å²) in [6, 6.07) is 7.65. The van der Waals surface area contributed by atoms with Crippen LogP contribution in [0, 0.1) is 11.8 Å². The van der Waals surface area contributed by atoms with Gasteiger partial charge in [0.15, 0.2) is 0 Å².